The molecule has 0 aliphatic carbocycles. The number of aryl methyl sites for hydroxylation is 4. The van der Waals surface area contributed by atoms with E-state index in [0.717, 1.165) is 10.4 Å². The molecule has 0 atom stereocenters. The van der Waals surface area contributed by atoms with Crippen molar-refractivity contribution >= 4 is 39.2 Å². The lowest BCUT2D eigenvalue weighted by atomic mass is 10.1. The molecule has 0 fully saturated rings. The summed E-state index contributed by atoms with van der Waals surface area (Å²) in [6.45, 7) is 5.65. The summed E-state index contributed by atoms with van der Waals surface area (Å²) in [6.07, 6.45) is 0. The Labute approximate surface area is 125 Å². The zero-order chi connectivity index (χ0) is 14.2. The first-order valence-electron chi connectivity index (χ1n) is 6.37. The van der Waals surface area contributed by atoms with Gasteiger partial charge in [-0.15, -0.1) is 22.2 Å². The van der Waals surface area contributed by atoms with Gasteiger partial charge in [0.05, 0.1) is 0 Å². The van der Waals surface area contributed by atoms with Crippen molar-refractivity contribution in [2.75, 3.05) is 0 Å². The summed E-state index contributed by atoms with van der Waals surface area (Å²) >= 11 is 13.8. The van der Waals surface area contributed by atoms with Crippen LogP contribution in [0, 0.1) is 27.7 Å². The molecule has 0 unspecified atom stereocenters. The van der Waals surface area contributed by atoms with Crippen molar-refractivity contribution < 1.29 is 0 Å². The van der Waals surface area contributed by atoms with Crippen LogP contribution in [0.1, 0.15) is 22.3 Å². The third kappa shape index (κ3) is 2.60. The molecule has 0 aliphatic rings. The molecule has 0 bridgehead atoms. The van der Waals surface area contributed by atoms with E-state index >= 15 is 0 Å². The van der Waals surface area contributed by atoms with Gasteiger partial charge in [-0.3, -0.25) is 0 Å². The summed E-state index contributed by atoms with van der Waals surface area (Å²) in [7, 11) is 0. The van der Waals surface area contributed by atoms with E-state index in [-0.39, 0.29) is 0 Å². The summed E-state index contributed by atoms with van der Waals surface area (Å²) in [5.41, 5.74) is 4.72. The van der Waals surface area contributed by atoms with Gasteiger partial charge in [-0.25, -0.2) is 0 Å². The highest BCUT2D eigenvalue weighted by molar-refractivity contribution is 7.56. The molecular formula is C16H18Cl2Si. The Balaban J connectivity index is 2.73. The molecule has 2 aromatic carbocycles. The minimum Gasteiger partial charge on any atom is -0.134 e. The largest absolute Gasteiger partial charge is 0.311 e. The molecule has 0 saturated carbocycles. The number of hydrogen-bond acceptors (Lipinski definition) is 0. The van der Waals surface area contributed by atoms with E-state index in [9.17, 15) is 0 Å². The van der Waals surface area contributed by atoms with Gasteiger partial charge >= 0.3 is 6.69 Å². The Morgan fingerprint density at radius 1 is 0.632 bits per heavy atom. The molecule has 0 saturated heterocycles. The minimum absolute atomic E-state index is 1.13. The SMILES string of the molecule is Cc1cccc(C)c1[Si](Cl)(Cl)c1c(C)cccc1C. The maximum Gasteiger partial charge on any atom is 0.311 e. The highest BCUT2D eigenvalue weighted by Crippen LogP contribution is 2.22. The molecule has 0 nitrogen and oxygen atoms in total. The maximum absolute atomic E-state index is 6.91. The fourth-order valence-electron chi connectivity index (χ4n) is 2.74. The Kier molecular flexibility index (Phi) is 4.10. The van der Waals surface area contributed by atoms with Gasteiger partial charge in [0, 0.05) is 0 Å². The highest BCUT2D eigenvalue weighted by atomic mass is 35.7. The van der Waals surface area contributed by atoms with Gasteiger partial charge in [-0.1, -0.05) is 36.4 Å². The molecule has 3 heteroatoms. The van der Waals surface area contributed by atoms with Crippen molar-refractivity contribution in [3.05, 3.63) is 58.7 Å². The Bertz CT molecular complexity index is 524. The van der Waals surface area contributed by atoms with E-state index < -0.39 is 6.69 Å². The van der Waals surface area contributed by atoms with Gasteiger partial charge in [0.15, 0.2) is 0 Å². The standard InChI is InChI=1S/C16H18Cl2Si/c1-11-7-5-8-12(2)15(11)19(17,18)16-13(3)9-6-10-14(16)4/h5-10H,1-4H3. The fourth-order valence-corrected chi connectivity index (χ4v) is 8.89. The number of rotatable bonds is 2. The van der Waals surface area contributed by atoms with Crippen molar-refractivity contribution in [1.82, 2.24) is 0 Å². The lowest BCUT2D eigenvalue weighted by Gasteiger charge is -2.25. The molecule has 2 aromatic rings. The lowest BCUT2D eigenvalue weighted by Crippen LogP contribution is -2.53. The van der Waals surface area contributed by atoms with E-state index in [1.54, 1.807) is 0 Å². The van der Waals surface area contributed by atoms with E-state index in [0.29, 0.717) is 0 Å². The maximum atomic E-state index is 6.91. The van der Waals surface area contributed by atoms with E-state index in [1.165, 1.54) is 22.3 Å². The van der Waals surface area contributed by atoms with Crippen LogP contribution in [-0.2, 0) is 0 Å². The van der Waals surface area contributed by atoms with Gasteiger partial charge < -0.3 is 0 Å². The molecule has 0 heterocycles. The normalized spacial score (nSPS) is 11.7. The Morgan fingerprint density at radius 3 is 1.16 bits per heavy atom. The van der Waals surface area contributed by atoms with Crippen molar-refractivity contribution in [1.29, 1.82) is 0 Å². The smallest absolute Gasteiger partial charge is 0.134 e. The van der Waals surface area contributed by atoms with Gasteiger partial charge in [-0.05, 0) is 60.3 Å². The van der Waals surface area contributed by atoms with Crippen LogP contribution in [0.2, 0.25) is 0 Å². The fraction of sp³-hybridized carbons (Fsp3) is 0.250. The van der Waals surface area contributed by atoms with Gasteiger partial charge in [0.1, 0.15) is 0 Å². The molecule has 0 amide bonds. The van der Waals surface area contributed by atoms with Crippen LogP contribution in [0.15, 0.2) is 36.4 Å². The Hall–Kier alpha value is -0.763. The zero-order valence-electron chi connectivity index (χ0n) is 11.7. The predicted octanol–water partition coefficient (Wildman–Crippen LogP) is 3.95. The third-order valence-corrected chi connectivity index (χ3v) is 8.69. The summed E-state index contributed by atoms with van der Waals surface area (Å²) in [5, 5.41) is 2.27. The summed E-state index contributed by atoms with van der Waals surface area (Å²) in [5.74, 6) is 0. The summed E-state index contributed by atoms with van der Waals surface area (Å²) in [6, 6.07) is 12.4. The van der Waals surface area contributed by atoms with Crippen LogP contribution >= 0.6 is 22.2 Å². The second-order valence-corrected chi connectivity index (χ2v) is 11.2. The first kappa shape index (κ1) is 14.6. The molecule has 0 spiro atoms. The summed E-state index contributed by atoms with van der Waals surface area (Å²) < 4.78 is 0. The lowest BCUT2D eigenvalue weighted by molar-refractivity contribution is 1.41. The topological polar surface area (TPSA) is 0 Å². The van der Waals surface area contributed by atoms with Crippen LogP contribution in [0.3, 0.4) is 0 Å². The van der Waals surface area contributed by atoms with Crippen LogP contribution in [0.25, 0.3) is 0 Å². The summed E-state index contributed by atoms with van der Waals surface area (Å²) in [4.78, 5) is 0. The van der Waals surface area contributed by atoms with Crippen LogP contribution in [0.5, 0.6) is 0 Å². The first-order chi connectivity index (χ1) is 8.85. The third-order valence-electron chi connectivity index (χ3n) is 3.59. The van der Waals surface area contributed by atoms with E-state index in [1.807, 2.05) is 0 Å². The first-order valence-corrected chi connectivity index (χ1v) is 10.4. The van der Waals surface area contributed by atoms with Crippen molar-refractivity contribution in [2.24, 2.45) is 0 Å². The zero-order valence-corrected chi connectivity index (χ0v) is 14.2. The average molecular weight is 309 g/mol. The van der Waals surface area contributed by atoms with Crippen molar-refractivity contribution in [3.8, 4) is 0 Å². The second kappa shape index (κ2) is 5.32. The van der Waals surface area contributed by atoms with E-state index in [2.05, 4.69) is 64.1 Å². The van der Waals surface area contributed by atoms with Crippen LogP contribution in [0.4, 0.5) is 0 Å². The molecule has 2 rings (SSSR count). The molecular weight excluding hydrogens is 291 g/mol. The molecule has 0 aromatic heterocycles. The minimum atomic E-state index is -2.69. The molecule has 100 valence electrons. The van der Waals surface area contributed by atoms with Crippen molar-refractivity contribution in [3.63, 3.8) is 0 Å². The second-order valence-electron chi connectivity index (χ2n) is 5.11. The monoisotopic (exact) mass is 308 g/mol. The molecule has 0 aliphatic heterocycles. The molecule has 19 heavy (non-hydrogen) atoms. The molecule has 0 N–H and O–H groups in total. The quantitative estimate of drug-likeness (QED) is 0.582. The average Bonchev–Trinajstić information content (AvgIpc) is 2.27. The number of halogens is 2. The van der Waals surface area contributed by atoms with Crippen molar-refractivity contribution in [2.45, 2.75) is 27.7 Å². The predicted molar refractivity (Wildman–Crippen MR) is 88.6 cm³/mol. The number of hydrogen-bond donors (Lipinski definition) is 0. The number of benzene rings is 2. The van der Waals surface area contributed by atoms with Gasteiger partial charge in [0.25, 0.3) is 0 Å². The van der Waals surface area contributed by atoms with Crippen LogP contribution in [-0.4, -0.2) is 6.69 Å². The molecule has 0 radical (unpaired) electrons. The van der Waals surface area contributed by atoms with Crippen LogP contribution < -0.4 is 10.4 Å². The Morgan fingerprint density at radius 2 is 0.895 bits per heavy atom. The highest BCUT2D eigenvalue weighted by Gasteiger charge is 2.38. The van der Waals surface area contributed by atoms with Gasteiger partial charge in [0.2, 0.25) is 0 Å². The van der Waals surface area contributed by atoms with Gasteiger partial charge in [-0.2, -0.15) is 0 Å². The van der Waals surface area contributed by atoms with E-state index in [4.69, 9.17) is 22.2 Å².